The molecule has 190 valence electrons. The Morgan fingerprint density at radius 3 is 2.37 bits per heavy atom. The largest absolute Gasteiger partial charge is 0.409 e. The second-order valence-electron chi connectivity index (χ2n) is 11.0. The Morgan fingerprint density at radius 2 is 1.77 bits per heavy atom. The fraction of sp³-hybridized carbons (Fsp3) is 0.519. The number of nitrogens with zero attached hydrogens (tertiary/aromatic N) is 1. The Labute approximate surface area is 217 Å². The number of aliphatic hydroxyl groups excluding tert-OH is 1. The Morgan fingerprint density at radius 1 is 1.11 bits per heavy atom. The minimum absolute atomic E-state index is 0.0414. The highest BCUT2D eigenvalue weighted by Crippen LogP contribution is 2.43. The number of aliphatic hydroxyl groups is 1. The zero-order chi connectivity index (χ0) is 25.4. The average Bonchev–Trinajstić information content (AvgIpc) is 2.86. The first kappa shape index (κ1) is 26.7. The van der Waals surface area contributed by atoms with E-state index in [4.69, 9.17) is 14.0 Å². The van der Waals surface area contributed by atoms with E-state index in [2.05, 4.69) is 49.8 Å². The number of ketones is 1. The van der Waals surface area contributed by atoms with Crippen LogP contribution in [0.4, 0.5) is 0 Å². The number of hydrogen-bond donors (Lipinski definition) is 1. The van der Waals surface area contributed by atoms with Gasteiger partial charge in [0, 0.05) is 4.47 Å². The minimum atomic E-state index is -2.32. The number of carbonyl (C=O) groups is 1. The van der Waals surface area contributed by atoms with Gasteiger partial charge in [-0.05, 0) is 41.4 Å². The number of rotatable bonds is 6. The smallest absolute Gasteiger partial charge is 0.192 e. The first-order valence-electron chi connectivity index (χ1n) is 12.2. The van der Waals surface area contributed by atoms with Crippen LogP contribution in [0.2, 0.25) is 18.1 Å². The van der Waals surface area contributed by atoms with Gasteiger partial charge in [-0.15, -0.1) is 0 Å². The van der Waals surface area contributed by atoms with Crippen LogP contribution in [0.3, 0.4) is 0 Å². The molecule has 35 heavy (non-hydrogen) atoms. The van der Waals surface area contributed by atoms with Crippen LogP contribution in [0.15, 0.2) is 59.1 Å². The summed E-state index contributed by atoms with van der Waals surface area (Å²) in [4.78, 5) is 20.4. The molecular formula is C27H36BrNO5Si. The van der Waals surface area contributed by atoms with Gasteiger partial charge in [0.1, 0.15) is 12.1 Å². The summed E-state index contributed by atoms with van der Waals surface area (Å²) in [7, 11) is -2.32. The monoisotopic (exact) mass is 561 g/mol. The Kier molecular flexibility index (Phi) is 8.03. The first-order valence-corrected chi connectivity index (χ1v) is 15.9. The summed E-state index contributed by atoms with van der Waals surface area (Å²) in [5.74, 6) is -0.449. The van der Waals surface area contributed by atoms with Gasteiger partial charge in [0.05, 0.1) is 37.9 Å². The van der Waals surface area contributed by atoms with Crippen molar-refractivity contribution in [3.05, 3.63) is 70.2 Å². The number of hydrogen-bond acceptors (Lipinski definition) is 6. The van der Waals surface area contributed by atoms with Crippen LogP contribution < -0.4 is 0 Å². The number of Topliss-reactive ketones (excluding diaryl/α,β-unsaturated/α-hetero) is 1. The number of benzene rings is 2. The molecule has 0 amide bonds. The van der Waals surface area contributed by atoms with Crippen LogP contribution in [0.1, 0.15) is 38.0 Å². The SMILES string of the molecule is CC(C)(C)[Si](C)(C)O[C@@H]1[C@H]2C(=O)[C@@H](CON2Cc2ccccc2)[C@H](c2ccc(Br)cc2)O[C@@H]1CO. The van der Waals surface area contributed by atoms with Crippen molar-refractivity contribution in [2.24, 2.45) is 5.92 Å². The van der Waals surface area contributed by atoms with Crippen molar-refractivity contribution in [1.82, 2.24) is 5.06 Å². The molecule has 5 atom stereocenters. The van der Waals surface area contributed by atoms with E-state index in [1.807, 2.05) is 54.6 Å². The summed E-state index contributed by atoms with van der Waals surface area (Å²) in [6.07, 6.45) is -1.85. The molecule has 0 aliphatic carbocycles. The van der Waals surface area contributed by atoms with E-state index in [0.717, 1.165) is 15.6 Å². The van der Waals surface area contributed by atoms with E-state index in [0.29, 0.717) is 6.54 Å². The highest BCUT2D eigenvalue weighted by atomic mass is 79.9. The summed E-state index contributed by atoms with van der Waals surface area (Å²) < 4.78 is 14.4. The maximum Gasteiger partial charge on any atom is 0.192 e. The van der Waals surface area contributed by atoms with Crippen molar-refractivity contribution in [3.63, 3.8) is 0 Å². The maximum absolute atomic E-state index is 14.1. The van der Waals surface area contributed by atoms with E-state index < -0.39 is 38.6 Å². The lowest BCUT2D eigenvalue weighted by molar-refractivity contribution is -0.237. The van der Waals surface area contributed by atoms with Crippen molar-refractivity contribution >= 4 is 30.0 Å². The third-order valence-electron chi connectivity index (χ3n) is 7.55. The molecule has 2 saturated heterocycles. The molecule has 4 rings (SSSR count). The van der Waals surface area contributed by atoms with E-state index in [1.54, 1.807) is 5.06 Å². The van der Waals surface area contributed by atoms with Gasteiger partial charge < -0.3 is 14.3 Å². The van der Waals surface area contributed by atoms with Crippen LogP contribution in [-0.4, -0.2) is 55.7 Å². The molecule has 2 bridgehead atoms. The normalized spacial score (nSPS) is 28.1. The quantitative estimate of drug-likeness (QED) is 0.484. The Bertz CT molecular complexity index is 1010. The molecule has 0 radical (unpaired) electrons. The molecular weight excluding hydrogens is 526 g/mol. The standard InChI is InChI=1S/C27H36BrNO5Si/c1-27(2,3)35(4,5)34-26-22(16-30)33-25(19-11-13-20(28)14-12-19)21-17-32-29(23(26)24(21)31)15-18-9-7-6-8-10-18/h6-14,21-23,25-26,30H,15-17H2,1-5H3/t21-,22-,23-,25+,26+/m1/s1. The van der Waals surface area contributed by atoms with E-state index >= 15 is 0 Å². The molecule has 8 heteroatoms. The molecule has 2 aliphatic rings. The van der Waals surface area contributed by atoms with Crippen molar-refractivity contribution in [1.29, 1.82) is 0 Å². The van der Waals surface area contributed by atoms with Gasteiger partial charge in [-0.3, -0.25) is 9.63 Å². The zero-order valence-electron chi connectivity index (χ0n) is 21.1. The fourth-order valence-corrected chi connectivity index (χ4v) is 6.08. The topological polar surface area (TPSA) is 68.2 Å². The van der Waals surface area contributed by atoms with Crippen LogP contribution >= 0.6 is 15.9 Å². The van der Waals surface area contributed by atoms with Gasteiger partial charge in [-0.2, -0.15) is 5.06 Å². The van der Waals surface area contributed by atoms with Gasteiger partial charge in [0.15, 0.2) is 14.1 Å². The third-order valence-corrected chi connectivity index (χ3v) is 12.6. The zero-order valence-corrected chi connectivity index (χ0v) is 23.7. The lowest BCUT2D eigenvalue weighted by Gasteiger charge is -2.45. The van der Waals surface area contributed by atoms with Gasteiger partial charge in [0.25, 0.3) is 0 Å². The van der Waals surface area contributed by atoms with Gasteiger partial charge >= 0.3 is 0 Å². The molecule has 1 N–H and O–H groups in total. The van der Waals surface area contributed by atoms with E-state index in [-0.39, 0.29) is 24.0 Å². The second-order valence-corrected chi connectivity index (χ2v) is 16.7. The second kappa shape index (κ2) is 10.5. The fourth-order valence-electron chi connectivity index (χ4n) is 4.50. The lowest BCUT2D eigenvalue weighted by atomic mass is 9.87. The number of hydroxylamine groups is 2. The van der Waals surface area contributed by atoms with Gasteiger partial charge in [0.2, 0.25) is 0 Å². The van der Waals surface area contributed by atoms with Gasteiger partial charge in [-0.1, -0.05) is 79.2 Å². The third kappa shape index (κ3) is 5.64. The summed E-state index contributed by atoms with van der Waals surface area (Å²) in [5, 5.41) is 12.2. The number of halogens is 1. The number of ether oxygens (including phenoxy) is 1. The Balaban J connectivity index is 1.75. The van der Waals surface area contributed by atoms with Crippen molar-refractivity contribution in [2.45, 2.75) is 69.8 Å². The highest BCUT2D eigenvalue weighted by Gasteiger charge is 2.54. The van der Waals surface area contributed by atoms with Crippen LogP contribution in [0, 0.1) is 5.92 Å². The summed E-state index contributed by atoms with van der Waals surface area (Å²) in [5.41, 5.74) is 1.93. The molecule has 0 saturated carbocycles. The predicted octanol–water partition coefficient (Wildman–Crippen LogP) is 5.27. The van der Waals surface area contributed by atoms with E-state index in [9.17, 15) is 9.90 Å². The molecule has 2 heterocycles. The number of carbonyl (C=O) groups excluding carboxylic acids is 1. The maximum atomic E-state index is 14.1. The first-order chi connectivity index (χ1) is 16.5. The molecule has 0 aromatic heterocycles. The lowest BCUT2D eigenvalue weighted by Crippen LogP contribution is -2.61. The minimum Gasteiger partial charge on any atom is -0.409 e. The molecule has 2 aromatic carbocycles. The molecule has 2 aliphatic heterocycles. The van der Waals surface area contributed by atoms with Crippen LogP contribution in [-0.2, 0) is 25.3 Å². The predicted molar refractivity (Wildman–Crippen MR) is 141 cm³/mol. The molecule has 0 unspecified atom stereocenters. The summed E-state index contributed by atoms with van der Waals surface area (Å²) in [6.45, 7) is 11.2. The van der Waals surface area contributed by atoms with Crippen molar-refractivity contribution in [2.75, 3.05) is 13.2 Å². The Hall–Kier alpha value is -1.39. The molecule has 0 spiro atoms. The highest BCUT2D eigenvalue weighted by molar-refractivity contribution is 9.10. The van der Waals surface area contributed by atoms with Crippen molar-refractivity contribution < 1.29 is 23.9 Å². The average molecular weight is 563 g/mol. The van der Waals surface area contributed by atoms with Crippen LogP contribution in [0.25, 0.3) is 0 Å². The summed E-state index contributed by atoms with van der Waals surface area (Å²) in [6, 6.07) is 17.1. The molecule has 2 fully saturated rings. The van der Waals surface area contributed by atoms with E-state index in [1.165, 1.54) is 0 Å². The molecule has 2 aromatic rings. The molecule has 6 nitrogen and oxygen atoms in total. The van der Waals surface area contributed by atoms with Crippen molar-refractivity contribution in [3.8, 4) is 0 Å². The van der Waals surface area contributed by atoms with Crippen LogP contribution in [0.5, 0.6) is 0 Å². The van der Waals surface area contributed by atoms with Gasteiger partial charge in [-0.25, -0.2) is 0 Å². The number of fused-ring (bicyclic) bond motifs is 2. The summed E-state index contributed by atoms with van der Waals surface area (Å²) >= 11 is 3.48.